The summed E-state index contributed by atoms with van der Waals surface area (Å²) in [5.41, 5.74) is -0.187. The number of rotatable bonds is 6. The van der Waals surface area contributed by atoms with Crippen molar-refractivity contribution < 1.29 is 22.7 Å². The minimum Gasteiger partial charge on any atom is -0.462 e. The molecule has 3 nitrogen and oxygen atoms in total. The van der Waals surface area contributed by atoms with Crippen molar-refractivity contribution in [3.8, 4) is 0 Å². The Morgan fingerprint density at radius 3 is 2.04 bits per heavy atom. The Kier molecular flexibility index (Phi) is 5.47. The Hall–Kier alpha value is -0.780. The van der Waals surface area contributed by atoms with Gasteiger partial charge in [0.1, 0.15) is 6.10 Å². The largest absolute Gasteiger partial charge is 0.462 e. The molecule has 5 rings (SSSR count). The molecule has 0 aromatic rings. The molecule has 0 saturated heterocycles. The molecule has 154 valence electrons. The summed E-state index contributed by atoms with van der Waals surface area (Å²) < 4.78 is 42.4. The van der Waals surface area contributed by atoms with Gasteiger partial charge < -0.3 is 10.1 Å². The van der Waals surface area contributed by atoms with Gasteiger partial charge in [-0.1, -0.05) is 0 Å². The minimum atomic E-state index is -4.14. The summed E-state index contributed by atoms with van der Waals surface area (Å²) in [5.74, 6) is 2.73. The van der Waals surface area contributed by atoms with E-state index in [1.165, 1.54) is 19.3 Å². The topological polar surface area (TPSA) is 38.3 Å². The zero-order valence-corrected chi connectivity index (χ0v) is 16.0. The number of esters is 1. The monoisotopic (exact) mass is 387 g/mol. The van der Waals surface area contributed by atoms with E-state index in [0.29, 0.717) is 12.5 Å². The van der Waals surface area contributed by atoms with E-state index >= 15 is 0 Å². The molecule has 0 spiro atoms. The lowest BCUT2D eigenvalue weighted by Crippen LogP contribution is -2.51. The summed E-state index contributed by atoms with van der Waals surface area (Å²) in [5, 5.41) is 2.48. The van der Waals surface area contributed by atoms with Crippen LogP contribution in [0.4, 0.5) is 13.2 Å². The maximum Gasteiger partial charge on any atom is 0.401 e. The van der Waals surface area contributed by atoms with Crippen LogP contribution in [-0.2, 0) is 9.53 Å². The van der Waals surface area contributed by atoms with Gasteiger partial charge in [0, 0.05) is 0 Å². The number of carbonyl (C=O) groups is 1. The van der Waals surface area contributed by atoms with E-state index in [4.69, 9.17) is 4.74 Å². The first-order chi connectivity index (χ1) is 12.8. The molecular formula is C21H32F3NO2. The van der Waals surface area contributed by atoms with Crippen LogP contribution in [-0.4, -0.2) is 31.3 Å². The first-order valence-corrected chi connectivity index (χ1v) is 10.8. The molecule has 27 heavy (non-hydrogen) atoms. The van der Waals surface area contributed by atoms with Gasteiger partial charge in [0.05, 0.1) is 12.0 Å². The van der Waals surface area contributed by atoms with Crippen LogP contribution in [0.3, 0.4) is 0 Å². The van der Waals surface area contributed by atoms with Crippen LogP contribution in [0.5, 0.6) is 0 Å². The van der Waals surface area contributed by atoms with E-state index in [0.717, 1.165) is 69.1 Å². The highest BCUT2D eigenvalue weighted by molar-refractivity contribution is 5.77. The van der Waals surface area contributed by atoms with Gasteiger partial charge in [0.25, 0.3) is 0 Å². The fourth-order valence-electron chi connectivity index (χ4n) is 6.71. The summed E-state index contributed by atoms with van der Waals surface area (Å²) in [6.45, 7) is -0.507. The molecule has 0 radical (unpaired) electrons. The fraction of sp³-hybridized carbons (Fsp3) is 0.952. The van der Waals surface area contributed by atoms with E-state index < -0.39 is 12.7 Å². The van der Waals surface area contributed by atoms with Crippen molar-refractivity contribution in [3.63, 3.8) is 0 Å². The maximum atomic E-state index is 13.0. The van der Waals surface area contributed by atoms with E-state index in [2.05, 4.69) is 5.32 Å². The predicted molar refractivity (Wildman–Crippen MR) is 96.0 cm³/mol. The normalized spacial score (nSPS) is 40.9. The number of hydrogen-bond donors (Lipinski definition) is 1. The van der Waals surface area contributed by atoms with E-state index in [1.54, 1.807) is 0 Å². The second kappa shape index (κ2) is 7.57. The lowest BCUT2D eigenvalue weighted by Gasteiger charge is -2.55. The number of hydrogen-bond acceptors (Lipinski definition) is 3. The Labute approximate surface area is 159 Å². The number of carbonyl (C=O) groups excluding carboxylic acids is 1. The van der Waals surface area contributed by atoms with Crippen LogP contribution in [0.1, 0.15) is 70.6 Å². The first kappa shape index (κ1) is 19.5. The lowest BCUT2D eigenvalue weighted by atomic mass is 9.49. The van der Waals surface area contributed by atoms with E-state index in [1.807, 2.05) is 0 Å². The standard InChI is InChI=1S/C21H32F3NO2/c22-21(23,24)13-25-6-5-14-1-3-18(4-2-14)27-19(26)20-10-15-7-16(11-20)9-17(8-15)12-20/h14-18,25H,1-13H2. The Morgan fingerprint density at radius 2 is 1.52 bits per heavy atom. The summed E-state index contributed by atoms with van der Waals surface area (Å²) in [6, 6.07) is 0. The molecule has 0 unspecified atom stereocenters. The Balaban J connectivity index is 1.19. The third-order valence-electron chi connectivity index (χ3n) is 7.59. The van der Waals surface area contributed by atoms with Crippen LogP contribution in [0.2, 0.25) is 0 Å². The van der Waals surface area contributed by atoms with Crippen molar-refractivity contribution >= 4 is 5.97 Å². The zero-order chi connectivity index (χ0) is 19.1. The molecule has 5 saturated carbocycles. The average Bonchev–Trinajstić information content (AvgIpc) is 2.58. The highest BCUT2D eigenvalue weighted by atomic mass is 19.4. The summed E-state index contributed by atoms with van der Waals surface area (Å²) >= 11 is 0. The second-order valence-electron chi connectivity index (χ2n) is 9.83. The van der Waals surface area contributed by atoms with Gasteiger partial charge in [0.15, 0.2) is 0 Å². The van der Waals surface area contributed by atoms with Crippen molar-refractivity contribution in [1.29, 1.82) is 0 Å². The highest BCUT2D eigenvalue weighted by Gasteiger charge is 2.55. The number of nitrogens with one attached hydrogen (secondary N) is 1. The van der Waals surface area contributed by atoms with Crippen LogP contribution in [0.25, 0.3) is 0 Å². The molecule has 0 aliphatic heterocycles. The van der Waals surface area contributed by atoms with Crippen LogP contribution >= 0.6 is 0 Å². The Morgan fingerprint density at radius 1 is 0.963 bits per heavy atom. The predicted octanol–water partition coefficient (Wildman–Crippen LogP) is 4.85. The van der Waals surface area contributed by atoms with Gasteiger partial charge in [-0.15, -0.1) is 0 Å². The molecule has 5 aliphatic carbocycles. The van der Waals surface area contributed by atoms with Crippen LogP contribution in [0.15, 0.2) is 0 Å². The van der Waals surface area contributed by atoms with Gasteiger partial charge in [-0.2, -0.15) is 13.2 Å². The fourth-order valence-corrected chi connectivity index (χ4v) is 6.71. The van der Waals surface area contributed by atoms with Crippen molar-refractivity contribution in [3.05, 3.63) is 0 Å². The van der Waals surface area contributed by atoms with Crippen LogP contribution < -0.4 is 5.32 Å². The number of halogens is 3. The minimum absolute atomic E-state index is 0.0184. The molecule has 0 heterocycles. The third kappa shape index (κ3) is 4.63. The van der Waals surface area contributed by atoms with Gasteiger partial charge in [-0.05, 0) is 101 Å². The molecule has 1 N–H and O–H groups in total. The van der Waals surface area contributed by atoms with E-state index in [9.17, 15) is 18.0 Å². The average molecular weight is 387 g/mol. The quantitative estimate of drug-likeness (QED) is 0.523. The molecule has 4 bridgehead atoms. The third-order valence-corrected chi connectivity index (χ3v) is 7.59. The maximum absolute atomic E-state index is 13.0. The zero-order valence-electron chi connectivity index (χ0n) is 16.0. The molecule has 6 heteroatoms. The Bertz CT molecular complexity index is 505. The molecule has 0 atom stereocenters. The van der Waals surface area contributed by atoms with Gasteiger partial charge in [-0.3, -0.25) is 4.79 Å². The molecule has 5 fully saturated rings. The van der Waals surface area contributed by atoms with Crippen molar-refractivity contribution in [2.75, 3.05) is 13.1 Å². The molecule has 0 amide bonds. The molecular weight excluding hydrogens is 355 g/mol. The van der Waals surface area contributed by atoms with Crippen molar-refractivity contribution in [2.45, 2.75) is 82.9 Å². The second-order valence-corrected chi connectivity index (χ2v) is 9.83. The smallest absolute Gasteiger partial charge is 0.401 e. The van der Waals surface area contributed by atoms with Gasteiger partial charge >= 0.3 is 12.1 Å². The molecule has 5 aliphatic rings. The lowest BCUT2D eigenvalue weighted by molar-refractivity contribution is -0.178. The van der Waals surface area contributed by atoms with Crippen molar-refractivity contribution in [2.24, 2.45) is 29.1 Å². The molecule has 0 aromatic carbocycles. The number of ether oxygens (including phenoxy) is 1. The van der Waals surface area contributed by atoms with Crippen LogP contribution in [0, 0.1) is 29.1 Å². The SMILES string of the molecule is O=C(OC1CCC(CCNCC(F)(F)F)CC1)C12CC3CC(CC(C3)C1)C2. The number of alkyl halides is 3. The van der Waals surface area contributed by atoms with E-state index in [-0.39, 0.29) is 17.5 Å². The first-order valence-electron chi connectivity index (χ1n) is 10.8. The van der Waals surface area contributed by atoms with Crippen molar-refractivity contribution in [1.82, 2.24) is 5.32 Å². The van der Waals surface area contributed by atoms with Gasteiger partial charge in [0.2, 0.25) is 0 Å². The summed E-state index contributed by atoms with van der Waals surface area (Å²) in [4.78, 5) is 13.0. The van der Waals surface area contributed by atoms with Gasteiger partial charge in [-0.25, -0.2) is 0 Å². The highest BCUT2D eigenvalue weighted by Crippen LogP contribution is 2.60. The molecule has 0 aromatic heterocycles. The summed E-state index contributed by atoms with van der Waals surface area (Å²) in [7, 11) is 0. The summed E-state index contributed by atoms with van der Waals surface area (Å²) in [6.07, 6.45) is 7.36.